The number of aromatic hydroxyl groups is 1. The highest BCUT2D eigenvalue weighted by atomic mass is 16.3. The smallest absolute Gasteiger partial charge is 0.214 e. The minimum absolute atomic E-state index is 0.0146. The highest BCUT2D eigenvalue weighted by molar-refractivity contribution is 6.56. The van der Waals surface area contributed by atoms with Crippen LogP contribution in [0.4, 0.5) is 5.69 Å². The molecule has 0 bridgehead atoms. The number of para-hydroxylation sites is 2. The molecule has 1 aromatic heterocycles. The van der Waals surface area contributed by atoms with Gasteiger partial charge in [0.05, 0.1) is 16.8 Å². The van der Waals surface area contributed by atoms with Gasteiger partial charge in [0, 0.05) is 10.9 Å². The van der Waals surface area contributed by atoms with Crippen LogP contribution in [0.5, 0.6) is 5.88 Å². The molecule has 1 aliphatic rings. The highest BCUT2D eigenvalue weighted by Crippen LogP contribution is 2.35. The van der Waals surface area contributed by atoms with E-state index < -0.39 is 0 Å². The van der Waals surface area contributed by atoms with Gasteiger partial charge in [-0.25, -0.2) is 4.99 Å². The molecule has 4 nitrogen and oxygen atoms in total. The average molecular weight is 276 g/mol. The zero-order chi connectivity index (χ0) is 14.6. The number of carbonyl (C=O) groups excluding carboxylic acids is 1. The molecule has 0 aliphatic carbocycles. The number of fused-ring (bicyclic) bond motifs is 2. The van der Waals surface area contributed by atoms with Crippen molar-refractivity contribution in [2.75, 3.05) is 0 Å². The third-order valence-electron chi connectivity index (χ3n) is 3.86. The van der Waals surface area contributed by atoms with Gasteiger partial charge in [0.15, 0.2) is 5.88 Å². The van der Waals surface area contributed by atoms with Crippen molar-refractivity contribution in [3.05, 3.63) is 59.2 Å². The fourth-order valence-electron chi connectivity index (χ4n) is 2.82. The number of Topliss-reactive ketones (excluding diaryl/α,β-unsaturated/α-hetero) is 1. The van der Waals surface area contributed by atoms with Crippen molar-refractivity contribution in [2.45, 2.75) is 6.92 Å². The molecule has 1 aliphatic heterocycles. The second kappa shape index (κ2) is 4.06. The number of carbonyl (C=O) groups is 1. The summed E-state index contributed by atoms with van der Waals surface area (Å²) in [6.45, 7) is 1.95. The van der Waals surface area contributed by atoms with E-state index in [0.717, 1.165) is 16.5 Å². The summed E-state index contributed by atoms with van der Waals surface area (Å²) in [5.74, 6) is -0.164. The van der Waals surface area contributed by atoms with Crippen molar-refractivity contribution in [3.8, 4) is 5.88 Å². The first-order valence-corrected chi connectivity index (χ1v) is 6.70. The summed E-state index contributed by atoms with van der Waals surface area (Å²) in [6.07, 6.45) is 0. The highest BCUT2D eigenvalue weighted by Gasteiger charge is 2.29. The zero-order valence-electron chi connectivity index (χ0n) is 11.3. The Hall–Kier alpha value is -2.88. The molecule has 0 saturated heterocycles. The Kier molecular flexibility index (Phi) is 2.30. The summed E-state index contributed by atoms with van der Waals surface area (Å²) in [6, 6.07) is 13.0. The van der Waals surface area contributed by atoms with Gasteiger partial charge in [-0.1, -0.05) is 30.3 Å². The van der Waals surface area contributed by atoms with E-state index in [9.17, 15) is 9.90 Å². The number of nitrogens with one attached hydrogen (secondary N) is 1. The molecule has 4 rings (SSSR count). The Labute approximate surface area is 120 Å². The molecule has 0 amide bonds. The maximum absolute atomic E-state index is 12.5. The van der Waals surface area contributed by atoms with E-state index in [1.807, 2.05) is 37.3 Å². The standard InChI is InChI=1S/C17H12N2O2/c1-9-5-4-7-11-13(17(21)19-14(9)11)15-16(20)10-6-2-3-8-12(10)18-15/h2-8,19,21H,1H3. The Bertz CT molecular complexity index is 935. The number of H-pyrrole nitrogens is 1. The van der Waals surface area contributed by atoms with Crippen LogP contribution < -0.4 is 0 Å². The van der Waals surface area contributed by atoms with Crippen LogP contribution in [0.3, 0.4) is 0 Å². The molecule has 0 atom stereocenters. The van der Waals surface area contributed by atoms with E-state index in [1.165, 1.54) is 0 Å². The first kappa shape index (κ1) is 11.9. The van der Waals surface area contributed by atoms with Crippen molar-refractivity contribution >= 4 is 28.1 Å². The first-order chi connectivity index (χ1) is 10.2. The maximum atomic E-state index is 12.5. The number of hydrogen-bond acceptors (Lipinski definition) is 3. The summed E-state index contributed by atoms with van der Waals surface area (Å²) in [4.78, 5) is 19.9. The predicted molar refractivity (Wildman–Crippen MR) is 81.7 cm³/mol. The number of aromatic amines is 1. The molecular weight excluding hydrogens is 264 g/mol. The molecule has 2 heterocycles. The van der Waals surface area contributed by atoms with Crippen LogP contribution in [-0.2, 0) is 0 Å². The Balaban J connectivity index is 2.00. The zero-order valence-corrected chi connectivity index (χ0v) is 11.3. The second-order valence-corrected chi connectivity index (χ2v) is 5.15. The van der Waals surface area contributed by atoms with Crippen LogP contribution in [-0.4, -0.2) is 21.6 Å². The molecule has 0 radical (unpaired) electrons. The van der Waals surface area contributed by atoms with Gasteiger partial charge in [0.2, 0.25) is 5.78 Å². The quantitative estimate of drug-likeness (QED) is 0.714. The van der Waals surface area contributed by atoms with Gasteiger partial charge in [0.1, 0.15) is 5.71 Å². The number of aromatic nitrogens is 1. The summed E-state index contributed by atoms with van der Waals surface area (Å²) in [5.41, 5.74) is 3.85. The van der Waals surface area contributed by atoms with Gasteiger partial charge in [-0.15, -0.1) is 0 Å². The third-order valence-corrected chi connectivity index (χ3v) is 3.86. The van der Waals surface area contributed by atoms with Crippen LogP contribution >= 0.6 is 0 Å². The van der Waals surface area contributed by atoms with E-state index in [4.69, 9.17) is 0 Å². The minimum atomic E-state index is -0.150. The summed E-state index contributed by atoms with van der Waals surface area (Å²) in [5, 5.41) is 11.0. The molecular formula is C17H12N2O2. The average Bonchev–Trinajstić information content (AvgIpc) is 2.98. The van der Waals surface area contributed by atoms with E-state index in [2.05, 4.69) is 9.98 Å². The van der Waals surface area contributed by atoms with E-state index in [0.29, 0.717) is 22.5 Å². The van der Waals surface area contributed by atoms with Crippen molar-refractivity contribution in [2.24, 2.45) is 4.99 Å². The number of ketones is 1. The number of nitrogens with zero attached hydrogens (tertiary/aromatic N) is 1. The number of aliphatic imine (C=N–C) groups is 1. The lowest BCUT2D eigenvalue weighted by Crippen LogP contribution is -2.10. The fourth-order valence-corrected chi connectivity index (χ4v) is 2.82. The molecule has 0 saturated carbocycles. The number of rotatable bonds is 1. The van der Waals surface area contributed by atoms with Crippen molar-refractivity contribution in [1.82, 2.24) is 4.98 Å². The van der Waals surface area contributed by atoms with Gasteiger partial charge in [0.25, 0.3) is 0 Å². The summed E-state index contributed by atoms with van der Waals surface area (Å²) < 4.78 is 0. The van der Waals surface area contributed by atoms with Gasteiger partial charge in [-0.05, 0) is 24.6 Å². The number of aryl methyl sites for hydroxylation is 1. The van der Waals surface area contributed by atoms with E-state index in [-0.39, 0.29) is 11.7 Å². The van der Waals surface area contributed by atoms with Crippen molar-refractivity contribution in [1.29, 1.82) is 0 Å². The van der Waals surface area contributed by atoms with Crippen molar-refractivity contribution < 1.29 is 9.90 Å². The topological polar surface area (TPSA) is 65.4 Å². The Morgan fingerprint density at radius 2 is 1.90 bits per heavy atom. The minimum Gasteiger partial charge on any atom is -0.494 e. The normalized spacial score (nSPS) is 13.6. The largest absolute Gasteiger partial charge is 0.494 e. The van der Waals surface area contributed by atoms with Gasteiger partial charge >= 0.3 is 0 Å². The van der Waals surface area contributed by atoms with Gasteiger partial charge < -0.3 is 10.1 Å². The lowest BCUT2D eigenvalue weighted by molar-refractivity contribution is 0.107. The molecule has 4 heteroatoms. The summed E-state index contributed by atoms with van der Waals surface area (Å²) in [7, 11) is 0. The SMILES string of the molecule is Cc1cccc2c(C3=Nc4ccccc4C3=O)c(O)[nH]c12. The van der Waals surface area contributed by atoms with Crippen molar-refractivity contribution in [3.63, 3.8) is 0 Å². The Morgan fingerprint density at radius 1 is 1.10 bits per heavy atom. The van der Waals surface area contributed by atoms with Gasteiger partial charge in [-0.2, -0.15) is 0 Å². The molecule has 2 N–H and O–H groups in total. The first-order valence-electron chi connectivity index (χ1n) is 6.70. The lowest BCUT2D eigenvalue weighted by Gasteiger charge is -1.99. The van der Waals surface area contributed by atoms with E-state index >= 15 is 0 Å². The van der Waals surface area contributed by atoms with E-state index in [1.54, 1.807) is 12.1 Å². The maximum Gasteiger partial charge on any atom is 0.214 e. The Morgan fingerprint density at radius 3 is 2.71 bits per heavy atom. The second-order valence-electron chi connectivity index (χ2n) is 5.15. The fraction of sp³-hybridized carbons (Fsp3) is 0.0588. The lowest BCUT2D eigenvalue weighted by atomic mass is 10.0. The predicted octanol–water partition coefficient (Wildman–Crippen LogP) is 3.50. The van der Waals surface area contributed by atoms with Gasteiger partial charge in [-0.3, -0.25) is 4.79 Å². The van der Waals surface area contributed by atoms with Crippen LogP contribution in [0.2, 0.25) is 0 Å². The third kappa shape index (κ3) is 1.56. The molecule has 102 valence electrons. The molecule has 0 unspecified atom stereocenters. The molecule has 2 aromatic carbocycles. The summed E-state index contributed by atoms with van der Waals surface area (Å²) >= 11 is 0. The monoisotopic (exact) mass is 276 g/mol. The van der Waals surface area contributed by atoms with Crippen LogP contribution in [0.1, 0.15) is 21.5 Å². The molecule has 0 fully saturated rings. The number of hydrogen-bond donors (Lipinski definition) is 2. The molecule has 0 spiro atoms. The van der Waals surface area contributed by atoms with Crippen LogP contribution in [0.25, 0.3) is 10.9 Å². The molecule has 3 aromatic rings. The van der Waals surface area contributed by atoms with Crippen LogP contribution in [0, 0.1) is 6.92 Å². The number of benzene rings is 2. The van der Waals surface area contributed by atoms with Crippen LogP contribution in [0.15, 0.2) is 47.5 Å². The molecule has 21 heavy (non-hydrogen) atoms.